The number of benzene rings is 2. The lowest BCUT2D eigenvalue weighted by atomic mass is 10.1. The van der Waals surface area contributed by atoms with Gasteiger partial charge in [0, 0.05) is 24.0 Å². The van der Waals surface area contributed by atoms with Crippen LogP contribution in [0.2, 0.25) is 0 Å². The van der Waals surface area contributed by atoms with Gasteiger partial charge in [0.25, 0.3) is 5.91 Å². The average molecular weight is 389 g/mol. The van der Waals surface area contributed by atoms with Crippen LogP contribution in [-0.2, 0) is 4.79 Å². The zero-order chi connectivity index (χ0) is 21.0. The Hall–Kier alpha value is -3.74. The number of aryl methyl sites for hydroxylation is 3. The van der Waals surface area contributed by atoms with Crippen molar-refractivity contribution in [2.75, 3.05) is 16.0 Å². The summed E-state index contributed by atoms with van der Waals surface area (Å²) < 4.78 is 0. The van der Waals surface area contributed by atoms with Crippen molar-refractivity contribution in [3.63, 3.8) is 0 Å². The number of carbonyl (C=O) groups is 2. The SMILES string of the molecule is CC(=O)Nc1cccc(Nc2ccc(C(=O)Nc3c(C)cc(C)cc3C)nn2)c1. The summed E-state index contributed by atoms with van der Waals surface area (Å²) in [4.78, 5) is 23.7. The maximum absolute atomic E-state index is 12.5. The van der Waals surface area contributed by atoms with Gasteiger partial charge in [-0.05, 0) is 62.2 Å². The molecule has 3 aromatic rings. The second kappa shape index (κ2) is 8.52. The highest BCUT2D eigenvalue weighted by molar-refractivity contribution is 6.03. The van der Waals surface area contributed by atoms with E-state index in [0.29, 0.717) is 11.5 Å². The summed E-state index contributed by atoms with van der Waals surface area (Å²) >= 11 is 0. The maximum Gasteiger partial charge on any atom is 0.276 e. The van der Waals surface area contributed by atoms with Gasteiger partial charge in [0.2, 0.25) is 5.91 Å². The number of hydrogen-bond acceptors (Lipinski definition) is 5. The summed E-state index contributed by atoms with van der Waals surface area (Å²) in [6, 6.07) is 14.6. The van der Waals surface area contributed by atoms with E-state index >= 15 is 0 Å². The van der Waals surface area contributed by atoms with Crippen LogP contribution in [0.4, 0.5) is 22.9 Å². The van der Waals surface area contributed by atoms with Gasteiger partial charge in [0.1, 0.15) is 0 Å². The number of hydrogen-bond donors (Lipinski definition) is 3. The molecule has 7 nitrogen and oxygen atoms in total. The molecule has 148 valence electrons. The van der Waals surface area contributed by atoms with Gasteiger partial charge in [0.15, 0.2) is 11.5 Å². The minimum atomic E-state index is -0.313. The quantitative estimate of drug-likeness (QED) is 0.603. The molecular formula is C22H23N5O2. The van der Waals surface area contributed by atoms with Crippen molar-refractivity contribution in [3.05, 3.63) is 70.9 Å². The van der Waals surface area contributed by atoms with Crippen molar-refractivity contribution in [1.82, 2.24) is 10.2 Å². The molecule has 0 aliphatic heterocycles. The molecule has 0 bridgehead atoms. The Morgan fingerprint density at radius 3 is 2.14 bits per heavy atom. The minimum absolute atomic E-state index is 0.142. The Bertz CT molecular complexity index is 1040. The minimum Gasteiger partial charge on any atom is -0.339 e. The normalized spacial score (nSPS) is 10.3. The summed E-state index contributed by atoms with van der Waals surface area (Å²) in [6.45, 7) is 7.40. The van der Waals surface area contributed by atoms with E-state index in [1.807, 2.05) is 45.0 Å². The van der Waals surface area contributed by atoms with E-state index in [9.17, 15) is 9.59 Å². The van der Waals surface area contributed by atoms with Crippen molar-refractivity contribution in [2.24, 2.45) is 0 Å². The molecule has 0 saturated heterocycles. The molecule has 7 heteroatoms. The van der Waals surface area contributed by atoms with Gasteiger partial charge in [-0.3, -0.25) is 9.59 Å². The third-order valence-electron chi connectivity index (χ3n) is 4.27. The highest BCUT2D eigenvalue weighted by Gasteiger charge is 2.12. The first-order valence-corrected chi connectivity index (χ1v) is 9.19. The average Bonchev–Trinajstić information content (AvgIpc) is 2.65. The molecule has 0 unspecified atom stereocenters. The molecule has 0 aliphatic rings. The van der Waals surface area contributed by atoms with Gasteiger partial charge < -0.3 is 16.0 Å². The van der Waals surface area contributed by atoms with Crippen LogP contribution in [0, 0.1) is 20.8 Å². The summed E-state index contributed by atoms with van der Waals surface area (Å²) in [5.41, 5.74) is 5.59. The van der Waals surface area contributed by atoms with E-state index in [0.717, 1.165) is 28.1 Å². The highest BCUT2D eigenvalue weighted by Crippen LogP contribution is 2.23. The van der Waals surface area contributed by atoms with Crippen LogP contribution in [0.3, 0.4) is 0 Å². The van der Waals surface area contributed by atoms with Crippen molar-refractivity contribution < 1.29 is 9.59 Å². The maximum atomic E-state index is 12.5. The van der Waals surface area contributed by atoms with E-state index in [1.165, 1.54) is 6.92 Å². The van der Waals surface area contributed by atoms with Crippen molar-refractivity contribution in [3.8, 4) is 0 Å². The van der Waals surface area contributed by atoms with Crippen LogP contribution in [0.1, 0.15) is 34.1 Å². The van der Waals surface area contributed by atoms with Crippen LogP contribution in [-0.4, -0.2) is 22.0 Å². The fourth-order valence-corrected chi connectivity index (χ4v) is 3.10. The molecule has 0 radical (unpaired) electrons. The van der Waals surface area contributed by atoms with Gasteiger partial charge in [-0.25, -0.2) is 0 Å². The molecule has 0 spiro atoms. The predicted molar refractivity (Wildman–Crippen MR) is 115 cm³/mol. The van der Waals surface area contributed by atoms with Crippen LogP contribution >= 0.6 is 0 Å². The molecule has 0 fully saturated rings. The summed E-state index contributed by atoms with van der Waals surface area (Å²) in [6.07, 6.45) is 0. The standard InChI is InChI=1S/C22H23N5O2/c1-13-10-14(2)21(15(3)11-13)25-22(29)19-8-9-20(27-26-19)24-18-7-5-6-17(12-18)23-16(4)28/h5-12H,1-4H3,(H,23,28)(H,24,27)(H,25,29). The Kier molecular flexibility index (Phi) is 5.87. The van der Waals surface area contributed by atoms with Gasteiger partial charge in [0.05, 0.1) is 0 Å². The first-order valence-electron chi connectivity index (χ1n) is 9.19. The van der Waals surface area contributed by atoms with Crippen LogP contribution in [0.25, 0.3) is 0 Å². The molecule has 0 atom stereocenters. The Morgan fingerprint density at radius 2 is 1.52 bits per heavy atom. The van der Waals surface area contributed by atoms with Crippen LogP contribution in [0.5, 0.6) is 0 Å². The number of aromatic nitrogens is 2. The molecule has 0 saturated carbocycles. The lowest BCUT2D eigenvalue weighted by Crippen LogP contribution is -2.16. The molecule has 0 aliphatic carbocycles. The highest BCUT2D eigenvalue weighted by atomic mass is 16.2. The molecule has 3 rings (SSSR count). The largest absolute Gasteiger partial charge is 0.339 e. The van der Waals surface area contributed by atoms with E-state index in [-0.39, 0.29) is 17.5 Å². The molecule has 1 aromatic heterocycles. The molecule has 29 heavy (non-hydrogen) atoms. The number of rotatable bonds is 5. The molecular weight excluding hydrogens is 366 g/mol. The van der Waals surface area contributed by atoms with Gasteiger partial charge in [-0.1, -0.05) is 23.8 Å². The van der Waals surface area contributed by atoms with E-state index < -0.39 is 0 Å². The van der Waals surface area contributed by atoms with Crippen molar-refractivity contribution in [1.29, 1.82) is 0 Å². The van der Waals surface area contributed by atoms with Gasteiger partial charge in [-0.15, -0.1) is 10.2 Å². The lowest BCUT2D eigenvalue weighted by Gasteiger charge is -2.12. The number of amides is 2. The van der Waals surface area contributed by atoms with E-state index in [4.69, 9.17) is 0 Å². The van der Waals surface area contributed by atoms with Crippen LogP contribution in [0.15, 0.2) is 48.5 Å². The first-order chi connectivity index (χ1) is 13.8. The zero-order valence-electron chi connectivity index (χ0n) is 16.8. The fourth-order valence-electron chi connectivity index (χ4n) is 3.10. The molecule has 3 N–H and O–H groups in total. The van der Waals surface area contributed by atoms with Crippen LogP contribution < -0.4 is 16.0 Å². The molecule has 2 aromatic carbocycles. The lowest BCUT2D eigenvalue weighted by molar-refractivity contribution is -0.114. The first kappa shape index (κ1) is 20.0. The second-order valence-corrected chi connectivity index (χ2v) is 6.92. The van der Waals surface area contributed by atoms with Crippen molar-refractivity contribution >= 4 is 34.7 Å². The Morgan fingerprint density at radius 1 is 0.828 bits per heavy atom. The topological polar surface area (TPSA) is 96.0 Å². The second-order valence-electron chi connectivity index (χ2n) is 6.92. The van der Waals surface area contributed by atoms with Crippen molar-refractivity contribution in [2.45, 2.75) is 27.7 Å². The Balaban J connectivity index is 1.70. The zero-order valence-corrected chi connectivity index (χ0v) is 16.8. The summed E-state index contributed by atoms with van der Waals surface area (Å²) in [5.74, 6) is 0.0346. The monoisotopic (exact) mass is 389 g/mol. The molecule has 2 amide bonds. The third-order valence-corrected chi connectivity index (χ3v) is 4.27. The fraction of sp³-hybridized carbons (Fsp3) is 0.182. The van der Waals surface area contributed by atoms with E-state index in [2.05, 4.69) is 26.1 Å². The number of anilines is 4. The number of carbonyl (C=O) groups excluding carboxylic acids is 2. The summed E-state index contributed by atoms with van der Waals surface area (Å²) in [7, 11) is 0. The number of nitrogens with zero attached hydrogens (tertiary/aromatic N) is 2. The summed E-state index contributed by atoms with van der Waals surface area (Å²) in [5, 5.41) is 16.8. The number of nitrogens with one attached hydrogen (secondary N) is 3. The van der Waals surface area contributed by atoms with Gasteiger partial charge >= 0.3 is 0 Å². The predicted octanol–water partition coefficient (Wildman–Crippen LogP) is 4.36. The smallest absolute Gasteiger partial charge is 0.276 e. The van der Waals surface area contributed by atoms with Gasteiger partial charge in [-0.2, -0.15) is 0 Å². The molecule has 1 heterocycles. The van der Waals surface area contributed by atoms with E-state index in [1.54, 1.807) is 24.3 Å². The third kappa shape index (κ3) is 5.16. The Labute approximate surface area is 169 Å².